The van der Waals surface area contributed by atoms with E-state index in [9.17, 15) is 5.11 Å². The fourth-order valence-electron chi connectivity index (χ4n) is 4.56. The fourth-order valence-corrected chi connectivity index (χ4v) is 4.56. The number of aromatic nitrogens is 2. The Morgan fingerprint density at radius 2 is 2.03 bits per heavy atom. The van der Waals surface area contributed by atoms with Gasteiger partial charge in [0.05, 0.1) is 12.2 Å². The van der Waals surface area contributed by atoms with Gasteiger partial charge in [-0.2, -0.15) is 0 Å². The molecular weight excluding hydrogens is 364 g/mol. The Bertz CT molecular complexity index is 945. The van der Waals surface area contributed by atoms with E-state index < -0.39 is 0 Å². The van der Waals surface area contributed by atoms with Crippen LogP contribution in [0.3, 0.4) is 0 Å². The van der Waals surface area contributed by atoms with Crippen LogP contribution in [0.4, 0.5) is 5.95 Å². The lowest BCUT2D eigenvalue weighted by molar-refractivity contribution is 0.202. The fraction of sp³-hybridized carbons (Fsp3) is 0.478. The summed E-state index contributed by atoms with van der Waals surface area (Å²) in [6.45, 7) is 2.85. The Morgan fingerprint density at radius 1 is 1.17 bits per heavy atom. The number of para-hydroxylation sites is 1. The Balaban J connectivity index is 1.28. The maximum Gasteiger partial charge on any atom is 0.225 e. The standard InChI is InChI=1S/C23H28N4O2/c28-15-16-8-10-27(11-9-16)23-25-14-19-20(5-3-6-21(19)26-23)24-13-18-12-17-4-1-2-7-22(17)29-18/h1-2,4,7,12,14,16,20,24,28H,3,5-6,8-11,13,15H2. The zero-order valence-corrected chi connectivity index (χ0v) is 16.7. The van der Waals surface area contributed by atoms with E-state index in [4.69, 9.17) is 14.4 Å². The molecule has 2 aliphatic rings. The first-order chi connectivity index (χ1) is 14.3. The maximum atomic E-state index is 9.35. The molecule has 152 valence electrons. The van der Waals surface area contributed by atoms with Crippen molar-refractivity contribution >= 4 is 16.9 Å². The molecule has 1 saturated heterocycles. The molecule has 0 saturated carbocycles. The lowest BCUT2D eigenvalue weighted by Crippen LogP contribution is -2.36. The molecule has 0 radical (unpaired) electrons. The number of aliphatic hydroxyl groups is 1. The molecule has 1 fully saturated rings. The molecule has 2 aromatic heterocycles. The van der Waals surface area contributed by atoms with E-state index in [2.05, 4.69) is 22.3 Å². The molecule has 0 spiro atoms. The van der Waals surface area contributed by atoms with Crippen LogP contribution in [0.15, 0.2) is 40.9 Å². The number of furan rings is 1. The van der Waals surface area contributed by atoms with E-state index in [0.717, 1.165) is 67.9 Å². The molecule has 3 heterocycles. The third-order valence-electron chi connectivity index (χ3n) is 6.32. The topological polar surface area (TPSA) is 74.4 Å². The number of piperidine rings is 1. The van der Waals surface area contributed by atoms with Crippen LogP contribution in [-0.2, 0) is 13.0 Å². The van der Waals surface area contributed by atoms with Crippen LogP contribution in [0.5, 0.6) is 0 Å². The smallest absolute Gasteiger partial charge is 0.225 e. The molecule has 2 N–H and O–H groups in total. The average Bonchev–Trinajstić information content (AvgIpc) is 3.20. The molecule has 0 bridgehead atoms. The Hall–Kier alpha value is -2.44. The van der Waals surface area contributed by atoms with E-state index in [1.807, 2.05) is 24.4 Å². The predicted octanol–water partition coefficient (Wildman–Crippen LogP) is 3.60. The van der Waals surface area contributed by atoms with E-state index in [1.54, 1.807) is 0 Å². The van der Waals surface area contributed by atoms with Crippen molar-refractivity contribution in [3.8, 4) is 0 Å². The Kier molecular flexibility index (Phi) is 5.21. The lowest BCUT2D eigenvalue weighted by Gasteiger charge is -2.32. The van der Waals surface area contributed by atoms with Crippen molar-refractivity contribution in [1.29, 1.82) is 0 Å². The number of hydrogen-bond acceptors (Lipinski definition) is 6. The highest BCUT2D eigenvalue weighted by Crippen LogP contribution is 2.30. The molecule has 1 aliphatic heterocycles. The second kappa shape index (κ2) is 8.13. The number of aryl methyl sites for hydroxylation is 1. The zero-order chi connectivity index (χ0) is 19.6. The molecule has 1 atom stereocenters. The van der Waals surface area contributed by atoms with Crippen molar-refractivity contribution < 1.29 is 9.52 Å². The molecule has 0 amide bonds. The summed E-state index contributed by atoms with van der Waals surface area (Å²) in [6, 6.07) is 10.5. The minimum atomic E-state index is 0.265. The first kappa shape index (κ1) is 18.6. The van der Waals surface area contributed by atoms with Gasteiger partial charge >= 0.3 is 0 Å². The number of aliphatic hydroxyl groups excluding tert-OH is 1. The summed E-state index contributed by atoms with van der Waals surface area (Å²) in [4.78, 5) is 11.9. The number of fused-ring (bicyclic) bond motifs is 2. The first-order valence-electron chi connectivity index (χ1n) is 10.7. The van der Waals surface area contributed by atoms with E-state index in [0.29, 0.717) is 12.5 Å². The van der Waals surface area contributed by atoms with Crippen LogP contribution in [0, 0.1) is 5.92 Å². The Morgan fingerprint density at radius 3 is 2.86 bits per heavy atom. The van der Waals surface area contributed by atoms with Gasteiger partial charge in [-0.05, 0) is 50.2 Å². The average molecular weight is 393 g/mol. The van der Waals surface area contributed by atoms with E-state index in [1.165, 1.54) is 11.3 Å². The van der Waals surface area contributed by atoms with Gasteiger partial charge < -0.3 is 19.7 Å². The predicted molar refractivity (Wildman–Crippen MR) is 113 cm³/mol. The number of nitrogens with one attached hydrogen (secondary N) is 1. The normalized spacial score (nSPS) is 20.2. The van der Waals surface area contributed by atoms with Gasteiger partial charge in [0.2, 0.25) is 5.95 Å². The van der Waals surface area contributed by atoms with Gasteiger partial charge in [0.25, 0.3) is 0 Å². The molecule has 3 aromatic rings. The second-order valence-corrected chi connectivity index (χ2v) is 8.26. The maximum absolute atomic E-state index is 9.35. The minimum absolute atomic E-state index is 0.265. The molecule has 1 aromatic carbocycles. The van der Waals surface area contributed by atoms with Crippen molar-refractivity contribution in [2.45, 2.75) is 44.7 Å². The van der Waals surface area contributed by atoms with Crippen LogP contribution in [0.25, 0.3) is 11.0 Å². The summed E-state index contributed by atoms with van der Waals surface area (Å²) in [7, 11) is 0. The van der Waals surface area contributed by atoms with E-state index in [-0.39, 0.29) is 12.6 Å². The summed E-state index contributed by atoms with van der Waals surface area (Å²) in [6.07, 6.45) is 7.29. The summed E-state index contributed by atoms with van der Waals surface area (Å²) < 4.78 is 5.95. The van der Waals surface area contributed by atoms with Gasteiger partial charge in [0.15, 0.2) is 0 Å². The van der Waals surface area contributed by atoms with Crippen LogP contribution in [0.2, 0.25) is 0 Å². The van der Waals surface area contributed by atoms with E-state index >= 15 is 0 Å². The highest BCUT2D eigenvalue weighted by Gasteiger charge is 2.25. The van der Waals surface area contributed by atoms with Crippen molar-refractivity contribution in [3.63, 3.8) is 0 Å². The summed E-state index contributed by atoms with van der Waals surface area (Å²) >= 11 is 0. The van der Waals surface area contributed by atoms with Gasteiger partial charge in [-0.25, -0.2) is 9.97 Å². The molecular formula is C23H28N4O2. The van der Waals surface area contributed by atoms with Crippen LogP contribution >= 0.6 is 0 Å². The van der Waals surface area contributed by atoms with Gasteiger partial charge in [0, 0.05) is 42.9 Å². The molecule has 6 nitrogen and oxygen atoms in total. The quantitative estimate of drug-likeness (QED) is 0.691. The molecule has 29 heavy (non-hydrogen) atoms. The van der Waals surface area contributed by atoms with Crippen LogP contribution in [0.1, 0.15) is 48.7 Å². The summed E-state index contributed by atoms with van der Waals surface area (Å²) in [5.41, 5.74) is 3.33. The lowest BCUT2D eigenvalue weighted by atomic mass is 9.92. The molecule has 5 rings (SSSR count). The van der Waals surface area contributed by atoms with Gasteiger partial charge in [0.1, 0.15) is 11.3 Å². The number of rotatable bonds is 5. The largest absolute Gasteiger partial charge is 0.460 e. The van der Waals surface area contributed by atoms with Gasteiger partial charge in [-0.15, -0.1) is 0 Å². The number of hydrogen-bond donors (Lipinski definition) is 2. The van der Waals surface area contributed by atoms with Gasteiger partial charge in [-0.1, -0.05) is 18.2 Å². The zero-order valence-electron chi connectivity index (χ0n) is 16.7. The summed E-state index contributed by atoms with van der Waals surface area (Å²) in [5.74, 6) is 2.23. The number of nitrogens with zero attached hydrogens (tertiary/aromatic N) is 3. The second-order valence-electron chi connectivity index (χ2n) is 8.26. The van der Waals surface area contributed by atoms with Crippen molar-refractivity contribution in [2.75, 3.05) is 24.6 Å². The van der Waals surface area contributed by atoms with Crippen LogP contribution in [-0.4, -0.2) is 34.8 Å². The highest BCUT2D eigenvalue weighted by molar-refractivity contribution is 5.77. The third-order valence-corrected chi connectivity index (χ3v) is 6.32. The first-order valence-corrected chi connectivity index (χ1v) is 10.7. The van der Waals surface area contributed by atoms with Crippen molar-refractivity contribution in [3.05, 3.63) is 53.5 Å². The Labute approximate surface area is 171 Å². The molecule has 1 aliphatic carbocycles. The molecule has 1 unspecified atom stereocenters. The third kappa shape index (κ3) is 3.87. The highest BCUT2D eigenvalue weighted by atomic mass is 16.3. The number of benzene rings is 1. The van der Waals surface area contributed by atoms with Gasteiger partial charge in [-0.3, -0.25) is 0 Å². The number of anilines is 1. The van der Waals surface area contributed by atoms with Crippen LogP contribution < -0.4 is 10.2 Å². The van der Waals surface area contributed by atoms with Crippen molar-refractivity contribution in [2.24, 2.45) is 5.92 Å². The minimum Gasteiger partial charge on any atom is -0.460 e. The monoisotopic (exact) mass is 392 g/mol. The SMILES string of the molecule is OCC1CCN(c2ncc3c(n2)CCCC3NCc2cc3ccccc3o2)CC1. The van der Waals surface area contributed by atoms with Crippen molar-refractivity contribution in [1.82, 2.24) is 15.3 Å². The molecule has 6 heteroatoms. The summed E-state index contributed by atoms with van der Waals surface area (Å²) in [5, 5.41) is 14.1.